The molecule has 1 saturated heterocycles. The van der Waals surface area contributed by atoms with Crippen LogP contribution in [-0.4, -0.2) is 23.1 Å². The SMILES string of the molecule is Cc1ccnc(N2CCC2)n1. The Balaban J connectivity index is 2.23. The second-order valence-electron chi connectivity index (χ2n) is 2.84. The molecule has 0 saturated carbocycles. The summed E-state index contributed by atoms with van der Waals surface area (Å²) < 4.78 is 0. The predicted molar refractivity (Wildman–Crippen MR) is 43.6 cm³/mol. The van der Waals surface area contributed by atoms with Crippen molar-refractivity contribution in [1.82, 2.24) is 9.97 Å². The molecule has 1 aliphatic heterocycles. The molecule has 1 fully saturated rings. The van der Waals surface area contributed by atoms with Crippen LogP contribution in [0.1, 0.15) is 12.1 Å². The van der Waals surface area contributed by atoms with Gasteiger partial charge in [0.15, 0.2) is 0 Å². The van der Waals surface area contributed by atoms with Gasteiger partial charge < -0.3 is 4.90 Å². The molecule has 1 aliphatic rings. The highest BCUT2D eigenvalue weighted by Crippen LogP contribution is 2.14. The molecule has 1 aromatic rings. The van der Waals surface area contributed by atoms with E-state index in [1.165, 1.54) is 6.42 Å². The molecule has 11 heavy (non-hydrogen) atoms. The number of aromatic nitrogens is 2. The molecule has 0 spiro atoms. The first-order valence-corrected chi connectivity index (χ1v) is 3.91. The topological polar surface area (TPSA) is 29.0 Å². The molecule has 0 bridgehead atoms. The Morgan fingerprint density at radius 2 is 2.27 bits per heavy atom. The van der Waals surface area contributed by atoms with Gasteiger partial charge in [-0.3, -0.25) is 0 Å². The lowest BCUT2D eigenvalue weighted by Gasteiger charge is -2.30. The van der Waals surface area contributed by atoms with Crippen molar-refractivity contribution in [3.05, 3.63) is 18.0 Å². The van der Waals surface area contributed by atoms with Crippen molar-refractivity contribution in [2.45, 2.75) is 13.3 Å². The molecule has 0 aromatic carbocycles. The smallest absolute Gasteiger partial charge is 0.225 e. The van der Waals surface area contributed by atoms with Crippen molar-refractivity contribution < 1.29 is 0 Å². The van der Waals surface area contributed by atoms with Crippen LogP contribution >= 0.6 is 0 Å². The fourth-order valence-electron chi connectivity index (χ4n) is 1.10. The quantitative estimate of drug-likeness (QED) is 0.596. The van der Waals surface area contributed by atoms with Crippen LogP contribution in [0.3, 0.4) is 0 Å². The summed E-state index contributed by atoms with van der Waals surface area (Å²) in [7, 11) is 0. The van der Waals surface area contributed by atoms with Crippen LogP contribution in [0.5, 0.6) is 0 Å². The number of hydrogen-bond donors (Lipinski definition) is 0. The van der Waals surface area contributed by atoms with E-state index in [-0.39, 0.29) is 0 Å². The van der Waals surface area contributed by atoms with Gasteiger partial charge in [-0.1, -0.05) is 0 Å². The van der Waals surface area contributed by atoms with Gasteiger partial charge in [-0.15, -0.1) is 0 Å². The van der Waals surface area contributed by atoms with Gasteiger partial charge in [-0.25, -0.2) is 9.97 Å². The molecule has 0 atom stereocenters. The zero-order chi connectivity index (χ0) is 7.68. The van der Waals surface area contributed by atoms with E-state index in [2.05, 4.69) is 14.9 Å². The first-order chi connectivity index (χ1) is 5.36. The van der Waals surface area contributed by atoms with E-state index in [0.29, 0.717) is 0 Å². The lowest BCUT2D eigenvalue weighted by Crippen LogP contribution is -2.38. The Bertz CT molecular complexity index is 255. The summed E-state index contributed by atoms with van der Waals surface area (Å²) in [6.45, 7) is 4.22. The zero-order valence-electron chi connectivity index (χ0n) is 6.62. The molecule has 3 heteroatoms. The third-order valence-corrected chi connectivity index (χ3v) is 1.92. The number of aryl methyl sites for hydroxylation is 1. The van der Waals surface area contributed by atoms with Crippen molar-refractivity contribution in [3.63, 3.8) is 0 Å². The predicted octanol–water partition coefficient (Wildman–Crippen LogP) is 0.995. The number of nitrogens with zero attached hydrogens (tertiary/aromatic N) is 3. The van der Waals surface area contributed by atoms with Crippen LogP contribution in [-0.2, 0) is 0 Å². The van der Waals surface area contributed by atoms with Crippen molar-refractivity contribution in [3.8, 4) is 0 Å². The summed E-state index contributed by atoms with van der Waals surface area (Å²) in [6, 6.07) is 1.92. The normalized spacial score (nSPS) is 16.3. The van der Waals surface area contributed by atoms with Crippen LogP contribution < -0.4 is 4.90 Å². The molecule has 0 unspecified atom stereocenters. The first-order valence-electron chi connectivity index (χ1n) is 3.91. The minimum absolute atomic E-state index is 0.885. The fraction of sp³-hybridized carbons (Fsp3) is 0.500. The summed E-state index contributed by atoms with van der Waals surface area (Å²) >= 11 is 0. The summed E-state index contributed by atoms with van der Waals surface area (Å²) in [4.78, 5) is 10.7. The minimum Gasteiger partial charge on any atom is -0.341 e. The highest BCUT2D eigenvalue weighted by molar-refractivity contribution is 5.32. The molecular weight excluding hydrogens is 138 g/mol. The van der Waals surface area contributed by atoms with E-state index in [1.54, 1.807) is 0 Å². The molecule has 2 heterocycles. The van der Waals surface area contributed by atoms with Crippen LogP contribution in [0.4, 0.5) is 5.95 Å². The third-order valence-electron chi connectivity index (χ3n) is 1.92. The third kappa shape index (κ3) is 1.18. The maximum Gasteiger partial charge on any atom is 0.225 e. The number of rotatable bonds is 1. The Morgan fingerprint density at radius 1 is 1.45 bits per heavy atom. The molecular formula is C8H11N3. The lowest BCUT2D eigenvalue weighted by molar-refractivity contribution is 0.599. The van der Waals surface area contributed by atoms with E-state index >= 15 is 0 Å². The standard InChI is InChI=1S/C8H11N3/c1-7-3-4-9-8(10-7)11-5-2-6-11/h3-4H,2,5-6H2,1H3. The van der Waals surface area contributed by atoms with Crippen molar-refractivity contribution in [2.24, 2.45) is 0 Å². The van der Waals surface area contributed by atoms with E-state index in [9.17, 15) is 0 Å². The van der Waals surface area contributed by atoms with Crippen LogP contribution in [0.25, 0.3) is 0 Å². The Labute approximate surface area is 66.1 Å². The van der Waals surface area contributed by atoms with Gasteiger partial charge in [0.2, 0.25) is 5.95 Å². The van der Waals surface area contributed by atoms with Gasteiger partial charge in [-0.05, 0) is 19.4 Å². The second kappa shape index (κ2) is 2.49. The van der Waals surface area contributed by atoms with E-state index in [4.69, 9.17) is 0 Å². The number of hydrogen-bond acceptors (Lipinski definition) is 3. The van der Waals surface area contributed by atoms with Crippen LogP contribution in [0, 0.1) is 6.92 Å². The summed E-state index contributed by atoms with van der Waals surface area (Å²) in [5, 5.41) is 0. The first kappa shape index (κ1) is 6.58. The van der Waals surface area contributed by atoms with Crippen molar-refractivity contribution >= 4 is 5.95 Å². The second-order valence-corrected chi connectivity index (χ2v) is 2.84. The van der Waals surface area contributed by atoms with Crippen LogP contribution in [0.15, 0.2) is 12.3 Å². The Hall–Kier alpha value is -1.12. The molecule has 0 amide bonds. The molecule has 2 rings (SSSR count). The van der Waals surface area contributed by atoms with Gasteiger partial charge in [0.1, 0.15) is 0 Å². The van der Waals surface area contributed by atoms with Crippen molar-refractivity contribution in [2.75, 3.05) is 18.0 Å². The van der Waals surface area contributed by atoms with Gasteiger partial charge in [0, 0.05) is 25.0 Å². The average molecular weight is 149 g/mol. The molecule has 0 N–H and O–H groups in total. The maximum absolute atomic E-state index is 4.31. The number of anilines is 1. The molecule has 3 nitrogen and oxygen atoms in total. The lowest BCUT2D eigenvalue weighted by atomic mass is 10.2. The highest BCUT2D eigenvalue weighted by atomic mass is 15.3. The summed E-state index contributed by atoms with van der Waals surface area (Å²) in [5.41, 5.74) is 1.04. The summed E-state index contributed by atoms with van der Waals surface area (Å²) in [6.07, 6.45) is 3.09. The zero-order valence-corrected chi connectivity index (χ0v) is 6.62. The Morgan fingerprint density at radius 3 is 2.82 bits per heavy atom. The Kier molecular flexibility index (Phi) is 1.49. The van der Waals surface area contributed by atoms with Crippen LogP contribution in [0.2, 0.25) is 0 Å². The van der Waals surface area contributed by atoms with Gasteiger partial charge >= 0.3 is 0 Å². The maximum atomic E-state index is 4.31. The van der Waals surface area contributed by atoms with Gasteiger partial charge in [0.05, 0.1) is 0 Å². The fourth-order valence-corrected chi connectivity index (χ4v) is 1.10. The molecule has 1 aromatic heterocycles. The largest absolute Gasteiger partial charge is 0.341 e. The minimum atomic E-state index is 0.885. The average Bonchev–Trinajstić information content (AvgIpc) is 1.83. The van der Waals surface area contributed by atoms with Gasteiger partial charge in [-0.2, -0.15) is 0 Å². The monoisotopic (exact) mass is 149 g/mol. The van der Waals surface area contributed by atoms with Crippen molar-refractivity contribution in [1.29, 1.82) is 0 Å². The van der Waals surface area contributed by atoms with E-state index in [1.807, 2.05) is 19.2 Å². The van der Waals surface area contributed by atoms with Gasteiger partial charge in [0.25, 0.3) is 0 Å². The van der Waals surface area contributed by atoms with E-state index in [0.717, 1.165) is 24.7 Å². The summed E-state index contributed by atoms with van der Waals surface area (Å²) in [5.74, 6) is 0.885. The molecule has 0 radical (unpaired) electrons. The van der Waals surface area contributed by atoms with E-state index < -0.39 is 0 Å². The highest BCUT2D eigenvalue weighted by Gasteiger charge is 2.16. The molecule has 0 aliphatic carbocycles. The molecule has 58 valence electrons.